The molecule has 0 aliphatic carbocycles. The summed E-state index contributed by atoms with van der Waals surface area (Å²) < 4.78 is 5.40. The van der Waals surface area contributed by atoms with Gasteiger partial charge in [0.05, 0.1) is 11.6 Å². The van der Waals surface area contributed by atoms with Crippen LogP contribution in [0.3, 0.4) is 0 Å². The fourth-order valence-corrected chi connectivity index (χ4v) is 2.50. The van der Waals surface area contributed by atoms with E-state index >= 15 is 0 Å². The van der Waals surface area contributed by atoms with E-state index in [1.54, 1.807) is 17.2 Å². The Hall–Kier alpha value is -2.11. The van der Waals surface area contributed by atoms with E-state index in [9.17, 15) is 14.7 Å². The number of carbonyl (C=O) groups excluding carboxylic acids is 1. The summed E-state index contributed by atoms with van der Waals surface area (Å²) in [6, 6.07) is 1.39. The highest BCUT2D eigenvalue weighted by atomic mass is 16.6. The molecule has 6 nitrogen and oxygen atoms in total. The van der Waals surface area contributed by atoms with Crippen molar-refractivity contribution in [1.82, 2.24) is 9.88 Å². The molecule has 0 aromatic carbocycles. The molecule has 21 heavy (non-hydrogen) atoms. The largest absolute Gasteiger partial charge is 0.478 e. The zero-order valence-corrected chi connectivity index (χ0v) is 12.5. The Morgan fingerprint density at radius 1 is 1.43 bits per heavy atom. The third-order valence-electron chi connectivity index (χ3n) is 3.33. The summed E-state index contributed by atoms with van der Waals surface area (Å²) >= 11 is 0. The molecule has 0 spiro atoms. The summed E-state index contributed by atoms with van der Waals surface area (Å²) in [4.78, 5) is 29.0. The van der Waals surface area contributed by atoms with E-state index in [1.807, 2.05) is 20.8 Å². The number of likely N-dealkylation sites (tertiary alicyclic amines) is 1. The first-order valence-electron chi connectivity index (χ1n) is 6.96. The van der Waals surface area contributed by atoms with Gasteiger partial charge < -0.3 is 14.7 Å². The first-order valence-corrected chi connectivity index (χ1v) is 6.96. The van der Waals surface area contributed by atoms with Crippen molar-refractivity contribution in [2.24, 2.45) is 0 Å². The van der Waals surface area contributed by atoms with Crippen molar-refractivity contribution in [2.45, 2.75) is 45.3 Å². The van der Waals surface area contributed by atoms with E-state index in [2.05, 4.69) is 4.98 Å². The van der Waals surface area contributed by atoms with E-state index in [0.717, 1.165) is 12.8 Å². The number of aromatic nitrogens is 1. The molecule has 114 valence electrons. The molecular formula is C15H20N2O4. The Bertz CT molecular complexity index is 551. The maximum Gasteiger partial charge on any atom is 0.410 e. The van der Waals surface area contributed by atoms with Gasteiger partial charge >= 0.3 is 12.1 Å². The van der Waals surface area contributed by atoms with Crippen molar-refractivity contribution in [1.29, 1.82) is 0 Å². The molecule has 1 fully saturated rings. The van der Waals surface area contributed by atoms with Gasteiger partial charge in [0.15, 0.2) is 0 Å². The molecule has 1 N–H and O–H groups in total. The number of amides is 1. The van der Waals surface area contributed by atoms with Crippen LogP contribution in [0.25, 0.3) is 0 Å². The molecule has 2 rings (SSSR count). The van der Waals surface area contributed by atoms with Crippen LogP contribution in [0.1, 0.15) is 55.6 Å². The number of carboxylic acids is 1. The molecule has 1 aromatic rings. The van der Waals surface area contributed by atoms with Crippen LogP contribution in [0.5, 0.6) is 0 Å². The minimum absolute atomic E-state index is 0.137. The molecule has 1 amide bonds. The Morgan fingerprint density at radius 3 is 2.76 bits per heavy atom. The number of ether oxygens (including phenoxy) is 1. The molecule has 2 heterocycles. The van der Waals surface area contributed by atoms with Gasteiger partial charge in [-0.3, -0.25) is 4.98 Å². The lowest BCUT2D eigenvalue weighted by Gasteiger charge is -2.29. The van der Waals surface area contributed by atoms with Crippen molar-refractivity contribution in [3.05, 3.63) is 29.6 Å². The Morgan fingerprint density at radius 2 is 2.14 bits per heavy atom. The summed E-state index contributed by atoms with van der Waals surface area (Å²) in [5.74, 6) is -1.03. The predicted molar refractivity (Wildman–Crippen MR) is 76.1 cm³/mol. The van der Waals surface area contributed by atoms with Gasteiger partial charge in [-0.1, -0.05) is 0 Å². The molecule has 0 bridgehead atoms. The van der Waals surface area contributed by atoms with E-state index < -0.39 is 17.7 Å². The topological polar surface area (TPSA) is 79.7 Å². The standard InChI is InChI=1S/C15H20N2O4/c1-15(2,3)21-14(20)17-8-4-5-12(17)10-6-7-16-9-11(10)13(18)19/h6-7,9,12H,4-5,8H2,1-3H3,(H,18,19). The summed E-state index contributed by atoms with van der Waals surface area (Å²) in [7, 11) is 0. The molecule has 0 radical (unpaired) electrons. The average Bonchev–Trinajstić information content (AvgIpc) is 2.85. The number of nitrogens with zero attached hydrogens (tertiary/aromatic N) is 2. The smallest absolute Gasteiger partial charge is 0.410 e. The van der Waals surface area contributed by atoms with E-state index in [1.165, 1.54) is 6.20 Å². The van der Waals surface area contributed by atoms with Crippen molar-refractivity contribution in [2.75, 3.05) is 6.54 Å². The second kappa shape index (κ2) is 5.71. The lowest BCUT2D eigenvalue weighted by Crippen LogP contribution is -2.36. The zero-order chi connectivity index (χ0) is 15.6. The summed E-state index contributed by atoms with van der Waals surface area (Å²) in [6.45, 7) is 6.00. The lowest BCUT2D eigenvalue weighted by molar-refractivity contribution is 0.0222. The normalized spacial score (nSPS) is 18.6. The molecule has 6 heteroatoms. The first-order chi connectivity index (χ1) is 9.79. The van der Waals surface area contributed by atoms with Gasteiger partial charge in [-0.25, -0.2) is 9.59 Å². The molecular weight excluding hydrogens is 272 g/mol. The van der Waals surface area contributed by atoms with Crippen molar-refractivity contribution in [3.63, 3.8) is 0 Å². The monoisotopic (exact) mass is 292 g/mol. The van der Waals surface area contributed by atoms with Crippen LogP contribution in [-0.2, 0) is 4.74 Å². The summed E-state index contributed by atoms with van der Waals surface area (Å²) in [5.41, 5.74) is 0.178. The minimum Gasteiger partial charge on any atom is -0.478 e. The minimum atomic E-state index is -1.03. The number of carbonyl (C=O) groups is 2. The van der Waals surface area contributed by atoms with Gasteiger partial charge in [0.1, 0.15) is 5.60 Å². The Labute approximate surface area is 123 Å². The highest BCUT2D eigenvalue weighted by Crippen LogP contribution is 2.34. The molecule has 1 aliphatic rings. The number of carboxylic acid groups (broad SMARTS) is 1. The fourth-order valence-electron chi connectivity index (χ4n) is 2.50. The zero-order valence-electron chi connectivity index (χ0n) is 12.5. The van der Waals surface area contributed by atoms with Gasteiger partial charge in [-0.05, 0) is 45.2 Å². The van der Waals surface area contributed by atoms with Crippen LogP contribution in [-0.4, -0.2) is 39.2 Å². The molecule has 1 aliphatic heterocycles. The van der Waals surface area contributed by atoms with Gasteiger partial charge in [0.25, 0.3) is 0 Å². The highest BCUT2D eigenvalue weighted by molar-refractivity contribution is 5.89. The summed E-state index contributed by atoms with van der Waals surface area (Å²) in [6.07, 6.45) is 4.02. The number of hydrogen-bond donors (Lipinski definition) is 1. The summed E-state index contributed by atoms with van der Waals surface area (Å²) in [5, 5.41) is 9.26. The number of pyridine rings is 1. The van der Waals surface area contributed by atoms with Crippen molar-refractivity contribution < 1.29 is 19.4 Å². The van der Waals surface area contributed by atoms with E-state index in [0.29, 0.717) is 12.1 Å². The third-order valence-corrected chi connectivity index (χ3v) is 3.33. The molecule has 0 saturated carbocycles. The maximum absolute atomic E-state index is 12.3. The quantitative estimate of drug-likeness (QED) is 0.906. The second-order valence-electron chi connectivity index (χ2n) is 6.10. The van der Waals surface area contributed by atoms with Crippen LogP contribution in [0.4, 0.5) is 4.79 Å². The van der Waals surface area contributed by atoms with Gasteiger partial charge in [0.2, 0.25) is 0 Å². The van der Waals surface area contributed by atoms with E-state index in [-0.39, 0.29) is 11.6 Å². The van der Waals surface area contributed by atoms with Crippen LogP contribution >= 0.6 is 0 Å². The number of hydrogen-bond acceptors (Lipinski definition) is 4. The molecule has 1 atom stereocenters. The van der Waals surface area contributed by atoms with Gasteiger partial charge in [0, 0.05) is 18.9 Å². The average molecular weight is 292 g/mol. The fraction of sp³-hybridized carbons (Fsp3) is 0.533. The Balaban J connectivity index is 2.27. The lowest BCUT2D eigenvalue weighted by atomic mass is 10.0. The molecule has 1 unspecified atom stereocenters. The Kier molecular flexibility index (Phi) is 4.16. The van der Waals surface area contributed by atoms with Crippen molar-refractivity contribution in [3.8, 4) is 0 Å². The van der Waals surface area contributed by atoms with E-state index in [4.69, 9.17) is 4.74 Å². The van der Waals surface area contributed by atoms with Crippen LogP contribution in [0.2, 0.25) is 0 Å². The highest BCUT2D eigenvalue weighted by Gasteiger charge is 2.35. The number of aromatic carboxylic acids is 1. The predicted octanol–water partition coefficient (Wildman–Crippen LogP) is 2.85. The van der Waals surface area contributed by atoms with Crippen LogP contribution in [0, 0.1) is 0 Å². The van der Waals surface area contributed by atoms with Crippen LogP contribution < -0.4 is 0 Å². The SMILES string of the molecule is CC(C)(C)OC(=O)N1CCCC1c1ccncc1C(=O)O. The third kappa shape index (κ3) is 3.51. The molecule has 1 saturated heterocycles. The molecule has 1 aromatic heterocycles. The number of rotatable bonds is 2. The van der Waals surface area contributed by atoms with Gasteiger partial charge in [-0.15, -0.1) is 0 Å². The van der Waals surface area contributed by atoms with Crippen LogP contribution in [0.15, 0.2) is 18.5 Å². The second-order valence-corrected chi connectivity index (χ2v) is 6.10. The van der Waals surface area contributed by atoms with Gasteiger partial charge in [-0.2, -0.15) is 0 Å². The maximum atomic E-state index is 12.3. The van der Waals surface area contributed by atoms with Crippen molar-refractivity contribution >= 4 is 12.1 Å². The first kappa shape index (κ1) is 15.3.